The van der Waals surface area contributed by atoms with Crippen molar-refractivity contribution in [2.45, 2.75) is 0 Å². The van der Waals surface area contributed by atoms with Crippen LogP contribution in [-0.2, 0) is 19.5 Å². The van der Waals surface area contributed by atoms with Gasteiger partial charge in [-0.3, -0.25) is 0 Å². The average Bonchev–Trinajstić information content (AvgIpc) is 2.55. The molecule has 1 heterocycles. The fourth-order valence-corrected chi connectivity index (χ4v) is 2.60. The molecule has 0 saturated carbocycles. The van der Waals surface area contributed by atoms with Crippen LogP contribution >= 0.6 is 0 Å². The van der Waals surface area contributed by atoms with E-state index in [0.29, 0.717) is 0 Å². The van der Waals surface area contributed by atoms with Crippen molar-refractivity contribution in [2.24, 2.45) is 0 Å². The second-order valence-corrected chi connectivity index (χ2v) is 4.85. The first-order chi connectivity index (χ1) is 9.92. The number of fused-ring (bicyclic) bond motifs is 3. The molecular formula is C19H12NRh-. The molecule has 3 aromatic carbocycles. The van der Waals surface area contributed by atoms with Gasteiger partial charge < -0.3 is 4.98 Å². The van der Waals surface area contributed by atoms with Crippen molar-refractivity contribution >= 4 is 21.5 Å². The Balaban J connectivity index is 0.00000132. The number of benzene rings is 3. The summed E-state index contributed by atoms with van der Waals surface area (Å²) in [4.78, 5) is 4.60. The molecule has 0 N–H and O–H groups in total. The third kappa shape index (κ3) is 2.48. The minimum absolute atomic E-state index is 0. The molecular weight excluding hydrogens is 345 g/mol. The quantitative estimate of drug-likeness (QED) is 0.270. The Morgan fingerprint density at radius 3 is 2.43 bits per heavy atom. The van der Waals surface area contributed by atoms with Crippen LogP contribution in [0.3, 0.4) is 0 Å². The maximum absolute atomic E-state index is 4.60. The van der Waals surface area contributed by atoms with Crippen molar-refractivity contribution in [1.82, 2.24) is 4.98 Å². The Bertz CT molecular complexity index is 901. The normalized spacial score (nSPS) is 10.5. The minimum Gasteiger partial charge on any atom is -0.304 e. The Morgan fingerprint density at radius 2 is 1.57 bits per heavy atom. The summed E-state index contributed by atoms with van der Waals surface area (Å²) < 4.78 is 0. The van der Waals surface area contributed by atoms with Gasteiger partial charge in [0.05, 0.1) is 0 Å². The van der Waals surface area contributed by atoms with Crippen molar-refractivity contribution in [3.8, 4) is 11.3 Å². The molecule has 0 aliphatic carbocycles. The van der Waals surface area contributed by atoms with Gasteiger partial charge in [0, 0.05) is 31.1 Å². The molecule has 21 heavy (non-hydrogen) atoms. The minimum atomic E-state index is 0. The van der Waals surface area contributed by atoms with Crippen LogP contribution in [0.5, 0.6) is 0 Å². The van der Waals surface area contributed by atoms with Crippen LogP contribution in [0.25, 0.3) is 32.8 Å². The average molecular weight is 357 g/mol. The second-order valence-electron chi connectivity index (χ2n) is 4.85. The predicted octanol–water partition coefficient (Wildman–Crippen LogP) is 4.85. The topological polar surface area (TPSA) is 12.9 Å². The molecule has 1 radical (unpaired) electrons. The van der Waals surface area contributed by atoms with Gasteiger partial charge in [0.25, 0.3) is 0 Å². The van der Waals surface area contributed by atoms with Crippen LogP contribution in [0.1, 0.15) is 0 Å². The van der Waals surface area contributed by atoms with E-state index in [0.717, 1.165) is 11.3 Å². The summed E-state index contributed by atoms with van der Waals surface area (Å²) >= 11 is 0. The number of hydrogen-bond donors (Lipinski definition) is 0. The molecule has 1 nitrogen and oxygen atoms in total. The van der Waals surface area contributed by atoms with E-state index in [-0.39, 0.29) is 19.5 Å². The number of nitrogens with zero attached hydrogens (tertiary/aromatic N) is 1. The SMILES string of the molecule is [Rh].[c-]1ccccc1-c1cc2ccc3ccccc3c2cn1. The second kappa shape index (κ2) is 5.75. The molecule has 0 aliphatic rings. The standard InChI is InChI=1S/C19H12N.Rh/c1-2-7-15(8-3-1)19-12-16-11-10-14-6-4-5-9-17(14)18(16)13-20-19;/h1-7,9-13H;/q-1;. The molecule has 0 fully saturated rings. The molecule has 2 heteroatoms. The molecule has 4 aromatic rings. The van der Waals surface area contributed by atoms with Gasteiger partial charge in [0.2, 0.25) is 0 Å². The third-order valence-corrected chi connectivity index (χ3v) is 3.61. The largest absolute Gasteiger partial charge is 0.304 e. The summed E-state index contributed by atoms with van der Waals surface area (Å²) in [5.41, 5.74) is 2.00. The first-order valence-corrected chi connectivity index (χ1v) is 6.66. The molecule has 0 saturated heterocycles. The number of aromatic nitrogens is 1. The summed E-state index contributed by atoms with van der Waals surface area (Å²) in [6, 6.07) is 26.0. The summed E-state index contributed by atoms with van der Waals surface area (Å²) in [6.07, 6.45) is 1.97. The number of hydrogen-bond acceptors (Lipinski definition) is 1. The van der Waals surface area contributed by atoms with Crippen LogP contribution in [0, 0.1) is 6.07 Å². The van der Waals surface area contributed by atoms with E-state index < -0.39 is 0 Å². The fourth-order valence-electron chi connectivity index (χ4n) is 2.60. The summed E-state index contributed by atoms with van der Waals surface area (Å²) in [5.74, 6) is 0. The fraction of sp³-hybridized carbons (Fsp3) is 0. The molecule has 0 aliphatic heterocycles. The molecule has 103 valence electrons. The van der Waals surface area contributed by atoms with Gasteiger partial charge in [-0.2, -0.15) is 0 Å². The summed E-state index contributed by atoms with van der Waals surface area (Å²) in [6.45, 7) is 0. The van der Waals surface area contributed by atoms with Crippen molar-refractivity contribution in [3.63, 3.8) is 0 Å². The molecule has 0 atom stereocenters. The van der Waals surface area contributed by atoms with E-state index in [2.05, 4.69) is 53.5 Å². The van der Waals surface area contributed by atoms with E-state index in [1.54, 1.807) is 0 Å². The van der Waals surface area contributed by atoms with Crippen molar-refractivity contribution in [1.29, 1.82) is 0 Å². The van der Waals surface area contributed by atoms with Crippen LogP contribution in [0.4, 0.5) is 0 Å². The molecule has 0 amide bonds. The summed E-state index contributed by atoms with van der Waals surface area (Å²) in [5, 5.41) is 4.91. The van der Waals surface area contributed by atoms with Crippen molar-refractivity contribution in [2.75, 3.05) is 0 Å². The maximum Gasteiger partial charge on any atom is 0.0245 e. The first kappa shape index (κ1) is 13.9. The van der Waals surface area contributed by atoms with E-state index in [4.69, 9.17) is 0 Å². The number of pyridine rings is 1. The van der Waals surface area contributed by atoms with Gasteiger partial charge in [0.15, 0.2) is 0 Å². The van der Waals surface area contributed by atoms with Crippen LogP contribution in [0.2, 0.25) is 0 Å². The molecule has 0 spiro atoms. The Hall–Kier alpha value is -2.05. The van der Waals surface area contributed by atoms with Gasteiger partial charge in [-0.1, -0.05) is 42.5 Å². The van der Waals surface area contributed by atoms with Gasteiger partial charge >= 0.3 is 0 Å². The zero-order valence-electron chi connectivity index (χ0n) is 11.2. The van der Waals surface area contributed by atoms with E-state index >= 15 is 0 Å². The van der Waals surface area contributed by atoms with Crippen LogP contribution in [-0.4, -0.2) is 4.98 Å². The summed E-state index contributed by atoms with van der Waals surface area (Å²) in [7, 11) is 0. The Kier molecular flexibility index (Phi) is 3.81. The zero-order valence-corrected chi connectivity index (χ0v) is 12.8. The Labute approximate surface area is 136 Å². The third-order valence-electron chi connectivity index (χ3n) is 3.61. The molecule has 4 rings (SSSR count). The molecule has 0 unspecified atom stereocenters. The smallest absolute Gasteiger partial charge is 0.0245 e. The monoisotopic (exact) mass is 357 g/mol. The van der Waals surface area contributed by atoms with Gasteiger partial charge in [-0.05, 0) is 21.9 Å². The Morgan fingerprint density at radius 1 is 0.762 bits per heavy atom. The van der Waals surface area contributed by atoms with Gasteiger partial charge in [-0.25, -0.2) is 0 Å². The maximum atomic E-state index is 4.60. The van der Waals surface area contributed by atoms with Crippen LogP contribution < -0.4 is 0 Å². The zero-order chi connectivity index (χ0) is 13.4. The first-order valence-electron chi connectivity index (χ1n) is 6.66. The van der Waals surface area contributed by atoms with E-state index in [9.17, 15) is 0 Å². The van der Waals surface area contributed by atoms with Crippen molar-refractivity contribution < 1.29 is 19.5 Å². The molecule has 1 aromatic heterocycles. The van der Waals surface area contributed by atoms with E-state index in [1.165, 1.54) is 21.5 Å². The number of rotatable bonds is 1. The molecule has 0 bridgehead atoms. The van der Waals surface area contributed by atoms with Gasteiger partial charge in [0.1, 0.15) is 0 Å². The van der Waals surface area contributed by atoms with Gasteiger partial charge in [-0.15, -0.1) is 35.9 Å². The van der Waals surface area contributed by atoms with Crippen LogP contribution in [0.15, 0.2) is 72.9 Å². The van der Waals surface area contributed by atoms with Crippen molar-refractivity contribution in [3.05, 3.63) is 79.0 Å². The van der Waals surface area contributed by atoms with E-state index in [1.807, 2.05) is 30.5 Å². The predicted molar refractivity (Wildman–Crippen MR) is 83.5 cm³/mol.